The molecule has 0 spiro atoms. The fraction of sp³-hybridized carbons (Fsp3) is 0.619. The van der Waals surface area contributed by atoms with Crippen LogP contribution in [0.15, 0.2) is 50.2 Å². The first-order chi connectivity index (χ1) is 13.3. The van der Waals surface area contributed by atoms with E-state index in [1.165, 1.54) is 24.4 Å². The van der Waals surface area contributed by atoms with Crippen LogP contribution in [0.25, 0.3) is 0 Å². The smallest absolute Gasteiger partial charge is 0.111 e. The van der Waals surface area contributed by atoms with Crippen molar-refractivity contribution in [3.63, 3.8) is 0 Å². The minimum atomic E-state index is 0.532. The lowest BCUT2D eigenvalue weighted by Crippen LogP contribution is -2.06. The molecule has 0 N–H and O–H groups in total. The average molecular weight is 385 g/mol. The summed E-state index contributed by atoms with van der Waals surface area (Å²) < 4.78 is 31.7. The van der Waals surface area contributed by atoms with Crippen molar-refractivity contribution in [1.82, 2.24) is 0 Å². The van der Waals surface area contributed by atoms with E-state index in [0.29, 0.717) is 59.5 Å². The van der Waals surface area contributed by atoms with Gasteiger partial charge in [-0.25, -0.2) is 0 Å². The molecule has 0 unspecified atom stereocenters. The highest BCUT2D eigenvalue weighted by Gasteiger charge is 2.00. The van der Waals surface area contributed by atoms with Gasteiger partial charge in [0.2, 0.25) is 0 Å². The third-order valence-electron chi connectivity index (χ3n) is 3.44. The second kappa shape index (κ2) is 22.3. The molecule has 0 saturated carbocycles. The normalized spacial score (nSPS) is 11.0. The molecule has 156 valence electrons. The van der Waals surface area contributed by atoms with Gasteiger partial charge in [0.05, 0.1) is 51.8 Å². The Morgan fingerprint density at radius 1 is 0.556 bits per heavy atom. The van der Waals surface area contributed by atoms with E-state index in [0.717, 1.165) is 25.7 Å². The molecule has 0 aliphatic rings. The van der Waals surface area contributed by atoms with Gasteiger partial charge < -0.3 is 28.4 Å². The highest BCUT2D eigenvalue weighted by Crippen LogP contribution is 2.12. The quantitative estimate of drug-likeness (QED) is 0.160. The molecule has 0 rings (SSSR count). The summed E-state index contributed by atoms with van der Waals surface area (Å²) in [6.45, 7) is 15.9. The first-order valence-electron chi connectivity index (χ1n) is 9.43. The van der Waals surface area contributed by atoms with Gasteiger partial charge in [-0.2, -0.15) is 0 Å². The van der Waals surface area contributed by atoms with Gasteiger partial charge in [-0.05, 0) is 25.7 Å². The zero-order valence-corrected chi connectivity index (χ0v) is 16.6. The van der Waals surface area contributed by atoms with Crippen LogP contribution in [0.2, 0.25) is 0 Å². The SMILES string of the molecule is C=COCCOCCC=C(CCCOCCOC=C)CCOCCOC=C. The van der Waals surface area contributed by atoms with Crippen molar-refractivity contribution in [2.45, 2.75) is 25.7 Å². The van der Waals surface area contributed by atoms with Crippen molar-refractivity contribution in [1.29, 1.82) is 0 Å². The van der Waals surface area contributed by atoms with Crippen LogP contribution in [0.1, 0.15) is 25.7 Å². The van der Waals surface area contributed by atoms with Crippen LogP contribution < -0.4 is 0 Å². The third kappa shape index (κ3) is 20.4. The van der Waals surface area contributed by atoms with Crippen molar-refractivity contribution < 1.29 is 28.4 Å². The molecule has 0 aromatic rings. The molecule has 0 aliphatic heterocycles. The van der Waals surface area contributed by atoms with Gasteiger partial charge in [0.1, 0.15) is 19.8 Å². The van der Waals surface area contributed by atoms with Gasteiger partial charge in [0, 0.05) is 6.61 Å². The summed E-state index contributed by atoms with van der Waals surface area (Å²) in [7, 11) is 0. The number of rotatable bonds is 22. The van der Waals surface area contributed by atoms with Gasteiger partial charge in [0.25, 0.3) is 0 Å². The molecular weight excluding hydrogens is 348 g/mol. The van der Waals surface area contributed by atoms with E-state index >= 15 is 0 Å². The van der Waals surface area contributed by atoms with Crippen LogP contribution in [0.5, 0.6) is 0 Å². The molecule has 0 heterocycles. The average Bonchev–Trinajstić information content (AvgIpc) is 2.68. The van der Waals surface area contributed by atoms with E-state index in [9.17, 15) is 0 Å². The Balaban J connectivity index is 3.96. The number of hydrogen-bond donors (Lipinski definition) is 0. The fourth-order valence-corrected chi connectivity index (χ4v) is 2.16. The van der Waals surface area contributed by atoms with E-state index in [1.54, 1.807) is 0 Å². The third-order valence-corrected chi connectivity index (χ3v) is 3.44. The molecule has 0 atom stereocenters. The summed E-state index contributed by atoms with van der Waals surface area (Å²) in [6.07, 6.45) is 10.2. The highest BCUT2D eigenvalue weighted by molar-refractivity contribution is 5.02. The topological polar surface area (TPSA) is 55.4 Å². The molecule has 0 aromatic carbocycles. The second-order valence-electron chi connectivity index (χ2n) is 5.45. The van der Waals surface area contributed by atoms with Gasteiger partial charge >= 0.3 is 0 Å². The molecular formula is C21H36O6. The lowest BCUT2D eigenvalue weighted by atomic mass is 10.1. The van der Waals surface area contributed by atoms with Crippen LogP contribution in [0, 0.1) is 0 Å². The Bertz CT molecular complexity index is 381. The molecule has 6 heteroatoms. The Labute approximate surface area is 164 Å². The Morgan fingerprint density at radius 3 is 1.63 bits per heavy atom. The minimum absolute atomic E-state index is 0.532. The van der Waals surface area contributed by atoms with Crippen molar-refractivity contribution in [2.24, 2.45) is 0 Å². The Morgan fingerprint density at radius 2 is 1.07 bits per heavy atom. The summed E-state index contributed by atoms with van der Waals surface area (Å²) >= 11 is 0. The van der Waals surface area contributed by atoms with Gasteiger partial charge in [-0.15, -0.1) is 0 Å². The molecule has 0 amide bonds. The van der Waals surface area contributed by atoms with E-state index in [-0.39, 0.29) is 0 Å². The van der Waals surface area contributed by atoms with Crippen LogP contribution >= 0.6 is 0 Å². The van der Waals surface area contributed by atoms with E-state index in [2.05, 4.69) is 25.8 Å². The predicted molar refractivity (Wildman–Crippen MR) is 107 cm³/mol. The van der Waals surface area contributed by atoms with Crippen LogP contribution in [0.3, 0.4) is 0 Å². The summed E-state index contributed by atoms with van der Waals surface area (Å²) in [6, 6.07) is 0. The molecule has 0 radical (unpaired) electrons. The number of hydrogen-bond acceptors (Lipinski definition) is 6. The fourth-order valence-electron chi connectivity index (χ4n) is 2.16. The maximum Gasteiger partial charge on any atom is 0.111 e. The standard InChI is InChI=1S/C21H36O6/c1-4-22-15-18-25-12-7-9-21(11-14-27-20-17-24-6-3)10-8-13-26-19-16-23-5-2/h4-6,9H,1-3,7-8,10-20H2. The molecule has 0 fully saturated rings. The lowest BCUT2D eigenvalue weighted by Gasteiger charge is -2.10. The van der Waals surface area contributed by atoms with Crippen molar-refractivity contribution in [3.05, 3.63) is 50.2 Å². The summed E-state index contributed by atoms with van der Waals surface area (Å²) in [5.74, 6) is 0. The highest BCUT2D eigenvalue weighted by atomic mass is 16.5. The van der Waals surface area contributed by atoms with E-state index in [1.807, 2.05) is 0 Å². The zero-order valence-electron chi connectivity index (χ0n) is 16.6. The monoisotopic (exact) mass is 384 g/mol. The zero-order chi connectivity index (χ0) is 19.8. The molecule has 0 aliphatic carbocycles. The molecule has 6 nitrogen and oxygen atoms in total. The van der Waals surface area contributed by atoms with E-state index in [4.69, 9.17) is 28.4 Å². The largest absolute Gasteiger partial charge is 0.499 e. The predicted octanol–water partition coefficient (Wildman–Crippen LogP) is 4.00. The summed E-state index contributed by atoms with van der Waals surface area (Å²) in [5.41, 5.74) is 1.36. The maximum atomic E-state index is 5.58. The molecule has 0 bridgehead atoms. The number of ether oxygens (including phenoxy) is 6. The van der Waals surface area contributed by atoms with Crippen LogP contribution in [-0.4, -0.2) is 59.5 Å². The van der Waals surface area contributed by atoms with Crippen LogP contribution in [-0.2, 0) is 28.4 Å². The molecule has 0 aromatic heterocycles. The Kier molecular flexibility index (Phi) is 20.8. The summed E-state index contributed by atoms with van der Waals surface area (Å²) in [5, 5.41) is 0. The first kappa shape index (κ1) is 25.2. The van der Waals surface area contributed by atoms with Crippen LogP contribution in [0.4, 0.5) is 0 Å². The van der Waals surface area contributed by atoms with E-state index < -0.39 is 0 Å². The Hall–Kier alpha value is -1.76. The molecule has 0 saturated heterocycles. The minimum Gasteiger partial charge on any atom is -0.499 e. The van der Waals surface area contributed by atoms with Gasteiger partial charge in [0.15, 0.2) is 0 Å². The second-order valence-corrected chi connectivity index (χ2v) is 5.45. The molecule has 27 heavy (non-hydrogen) atoms. The van der Waals surface area contributed by atoms with Gasteiger partial charge in [-0.3, -0.25) is 0 Å². The lowest BCUT2D eigenvalue weighted by molar-refractivity contribution is 0.0810. The summed E-state index contributed by atoms with van der Waals surface area (Å²) in [4.78, 5) is 0. The van der Waals surface area contributed by atoms with Gasteiger partial charge in [-0.1, -0.05) is 31.4 Å². The first-order valence-corrected chi connectivity index (χ1v) is 9.43. The van der Waals surface area contributed by atoms with Crippen molar-refractivity contribution >= 4 is 0 Å². The van der Waals surface area contributed by atoms with Crippen molar-refractivity contribution in [3.8, 4) is 0 Å². The van der Waals surface area contributed by atoms with Crippen molar-refractivity contribution in [2.75, 3.05) is 59.5 Å². The maximum absolute atomic E-state index is 5.58.